The van der Waals surface area contributed by atoms with E-state index in [2.05, 4.69) is 9.47 Å². The number of rotatable bonds is 3. The monoisotopic (exact) mass is 226 g/mol. The van der Waals surface area contributed by atoms with Gasteiger partial charge in [-0.3, -0.25) is 0 Å². The van der Waals surface area contributed by atoms with Crippen LogP contribution in [0, 0.1) is 0 Å². The summed E-state index contributed by atoms with van der Waals surface area (Å²) in [5.74, 6) is 0.0412. The molecule has 16 heavy (non-hydrogen) atoms. The fourth-order valence-corrected chi connectivity index (χ4v) is 1.05. The van der Waals surface area contributed by atoms with Crippen LogP contribution in [-0.2, 0) is 0 Å². The smallest absolute Gasteiger partial charge is 0.410 e. The summed E-state index contributed by atoms with van der Waals surface area (Å²) in [6.07, 6.45) is -2.10. The fourth-order valence-electron chi connectivity index (χ4n) is 1.05. The van der Waals surface area contributed by atoms with Crippen molar-refractivity contribution in [3.05, 3.63) is 18.2 Å². The number of amides is 2. The lowest BCUT2D eigenvalue weighted by Crippen LogP contribution is -2.20. The molecule has 4 N–H and O–H groups in total. The molecule has 0 heterocycles. The van der Waals surface area contributed by atoms with Gasteiger partial charge < -0.3 is 25.7 Å². The Bertz CT molecular complexity index is 418. The first-order chi connectivity index (χ1) is 7.54. The van der Waals surface area contributed by atoms with Crippen molar-refractivity contribution in [3.63, 3.8) is 0 Å². The first-order valence-electron chi connectivity index (χ1n) is 4.16. The molecule has 0 saturated heterocycles. The van der Waals surface area contributed by atoms with E-state index in [9.17, 15) is 9.59 Å². The Balaban J connectivity index is 3.14. The minimum Gasteiger partial charge on any atom is -0.493 e. The summed E-state index contributed by atoms with van der Waals surface area (Å²) >= 11 is 0. The molecule has 0 aliphatic heterocycles. The lowest BCUT2D eigenvalue weighted by atomic mass is 10.3. The molecule has 7 heteroatoms. The van der Waals surface area contributed by atoms with Gasteiger partial charge in [-0.05, 0) is 12.1 Å². The Morgan fingerprint density at radius 1 is 1.06 bits per heavy atom. The first-order valence-corrected chi connectivity index (χ1v) is 4.16. The average molecular weight is 226 g/mol. The maximum atomic E-state index is 10.6. The second-order valence-electron chi connectivity index (χ2n) is 2.63. The van der Waals surface area contributed by atoms with Crippen LogP contribution in [0.3, 0.4) is 0 Å². The summed E-state index contributed by atoms with van der Waals surface area (Å²) < 4.78 is 14.2. The zero-order chi connectivity index (χ0) is 12.1. The quantitative estimate of drug-likeness (QED) is 0.783. The number of para-hydroxylation sites is 1. The number of hydrogen-bond donors (Lipinski definition) is 2. The van der Waals surface area contributed by atoms with E-state index in [-0.39, 0.29) is 17.2 Å². The second kappa shape index (κ2) is 4.87. The molecule has 86 valence electrons. The molecule has 1 aromatic rings. The van der Waals surface area contributed by atoms with Crippen LogP contribution in [0.15, 0.2) is 18.2 Å². The van der Waals surface area contributed by atoms with Crippen molar-refractivity contribution in [2.24, 2.45) is 11.5 Å². The van der Waals surface area contributed by atoms with Crippen molar-refractivity contribution in [2.75, 3.05) is 7.11 Å². The number of primary amides is 2. The van der Waals surface area contributed by atoms with Crippen molar-refractivity contribution >= 4 is 12.2 Å². The van der Waals surface area contributed by atoms with E-state index in [1.807, 2.05) is 0 Å². The largest absolute Gasteiger partial charge is 0.493 e. The van der Waals surface area contributed by atoms with Gasteiger partial charge >= 0.3 is 12.2 Å². The third kappa shape index (κ3) is 2.77. The Morgan fingerprint density at radius 3 is 2.12 bits per heavy atom. The minimum absolute atomic E-state index is 0.0503. The molecule has 0 aliphatic carbocycles. The van der Waals surface area contributed by atoms with Crippen molar-refractivity contribution in [2.45, 2.75) is 0 Å². The molecule has 0 fully saturated rings. The van der Waals surface area contributed by atoms with Gasteiger partial charge in [-0.2, -0.15) is 0 Å². The van der Waals surface area contributed by atoms with Crippen molar-refractivity contribution in [1.29, 1.82) is 0 Å². The van der Waals surface area contributed by atoms with Crippen LogP contribution >= 0.6 is 0 Å². The number of carbonyl (C=O) groups excluding carboxylic acids is 2. The summed E-state index contributed by atoms with van der Waals surface area (Å²) in [5, 5.41) is 0. The summed E-state index contributed by atoms with van der Waals surface area (Å²) in [4.78, 5) is 21.2. The molecule has 1 aromatic carbocycles. The maximum Gasteiger partial charge on any atom is 0.410 e. The fraction of sp³-hybridized carbons (Fsp3) is 0.111. The van der Waals surface area contributed by atoms with Crippen molar-refractivity contribution in [3.8, 4) is 17.2 Å². The van der Waals surface area contributed by atoms with Gasteiger partial charge in [0.05, 0.1) is 7.11 Å². The normalized spacial score (nSPS) is 9.31. The number of hydrogen-bond acceptors (Lipinski definition) is 5. The standard InChI is InChI=1S/C9H10N2O5/c1-14-5-3-2-4-6(15-8(10)12)7(5)16-9(11)13/h2-4H,1H3,(H2,10,12)(H2,11,13). The predicted molar refractivity (Wildman–Crippen MR) is 53.4 cm³/mol. The molecular weight excluding hydrogens is 216 g/mol. The van der Waals surface area contributed by atoms with Gasteiger partial charge in [-0.15, -0.1) is 0 Å². The van der Waals surface area contributed by atoms with Crippen molar-refractivity contribution in [1.82, 2.24) is 0 Å². The number of carbonyl (C=O) groups is 2. The van der Waals surface area contributed by atoms with Crippen LogP contribution in [0.1, 0.15) is 0 Å². The molecule has 0 radical (unpaired) electrons. The van der Waals surface area contributed by atoms with Crippen LogP contribution in [0.5, 0.6) is 17.2 Å². The predicted octanol–water partition coefficient (Wildman–Crippen LogP) is 0.610. The van der Waals surface area contributed by atoms with E-state index in [1.165, 1.54) is 25.3 Å². The molecular formula is C9H10N2O5. The molecule has 0 bridgehead atoms. The van der Waals surface area contributed by atoms with Crippen LogP contribution in [0.4, 0.5) is 9.59 Å². The molecule has 0 aromatic heterocycles. The first kappa shape index (κ1) is 11.6. The average Bonchev–Trinajstić information content (AvgIpc) is 2.19. The number of nitrogens with two attached hydrogens (primary N) is 2. The van der Waals surface area contributed by atoms with E-state index in [4.69, 9.17) is 16.2 Å². The van der Waals surface area contributed by atoms with Gasteiger partial charge in [-0.1, -0.05) is 6.07 Å². The van der Waals surface area contributed by atoms with E-state index >= 15 is 0 Å². The Labute approximate surface area is 90.9 Å². The zero-order valence-electron chi connectivity index (χ0n) is 8.43. The molecule has 0 saturated carbocycles. The third-order valence-corrected chi connectivity index (χ3v) is 1.58. The van der Waals surface area contributed by atoms with E-state index in [0.717, 1.165) is 0 Å². The molecule has 0 atom stereocenters. The Kier molecular flexibility index (Phi) is 3.54. The highest BCUT2D eigenvalue weighted by Gasteiger charge is 2.15. The summed E-state index contributed by atoms with van der Waals surface area (Å²) in [7, 11) is 1.36. The SMILES string of the molecule is COc1cccc(OC(N)=O)c1OC(N)=O. The summed E-state index contributed by atoms with van der Waals surface area (Å²) in [5.41, 5.74) is 9.70. The third-order valence-electron chi connectivity index (χ3n) is 1.58. The van der Waals surface area contributed by atoms with Gasteiger partial charge in [-0.25, -0.2) is 9.59 Å². The van der Waals surface area contributed by atoms with Crippen LogP contribution in [0.2, 0.25) is 0 Å². The van der Waals surface area contributed by atoms with Crippen LogP contribution in [-0.4, -0.2) is 19.3 Å². The molecule has 0 unspecified atom stereocenters. The van der Waals surface area contributed by atoms with Gasteiger partial charge in [0.2, 0.25) is 5.75 Å². The van der Waals surface area contributed by atoms with Gasteiger partial charge in [0.25, 0.3) is 0 Å². The van der Waals surface area contributed by atoms with E-state index in [1.54, 1.807) is 0 Å². The highest BCUT2D eigenvalue weighted by Crippen LogP contribution is 2.36. The molecule has 2 amide bonds. The highest BCUT2D eigenvalue weighted by atomic mass is 16.6. The number of benzene rings is 1. The molecule has 0 aliphatic rings. The number of methoxy groups -OCH3 is 1. The Morgan fingerprint density at radius 2 is 1.62 bits per heavy atom. The lowest BCUT2D eigenvalue weighted by Gasteiger charge is -2.11. The zero-order valence-corrected chi connectivity index (χ0v) is 8.43. The van der Waals surface area contributed by atoms with Gasteiger partial charge in [0.1, 0.15) is 0 Å². The van der Waals surface area contributed by atoms with Gasteiger partial charge in [0.15, 0.2) is 11.5 Å². The number of ether oxygens (including phenoxy) is 3. The van der Waals surface area contributed by atoms with Crippen molar-refractivity contribution < 1.29 is 23.8 Å². The maximum absolute atomic E-state index is 10.6. The molecule has 7 nitrogen and oxygen atoms in total. The highest BCUT2D eigenvalue weighted by molar-refractivity contribution is 5.74. The summed E-state index contributed by atoms with van der Waals surface area (Å²) in [6, 6.07) is 4.42. The van der Waals surface area contributed by atoms with Crippen LogP contribution in [0.25, 0.3) is 0 Å². The topological polar surface area (TPSA) is 114 Å². The Hall–Kier alpha value is -2.44. The van der Waals surface area contributed by atoms with Crippen LogP contribution < -0.4 is 25.7 Å². The molecule has 0 spiro atoms. The molecule has 1 rings (SSSR count). The minimum atomic E-state index is -1.06. The van der Waals surface area contributed by atoms with E-state index in [0.29, 0.717) is 0 Å². The lowest BCUT2D eigenvalue weighted by molar-refractivity contribution is 0.198. The summed E-state index contributed by atoms with van der Waals surface area (Å²) in [6.45, 7) is 0. The van der Waals surface area contributed by atoms with E-state index < -0.39 is 12.2 Å². The second-order valence-corrected chi connectivity index (χ2v) is 2.63. The van der Waals surface area contributed by atoms with Gasteiger partial charge in [0, 0.05) is 0 Å².